The summed E-state index contributed by atoms with van der Waals surface area (Å²) in [6.07, 6.45) is 13.1. The van der Waals surface area contributed by atoms with E-state index in [9.17, 15) is 9.59 Å². The lowest BCUT2D eigenvalue weighted by atomic mass is 9.71. The maximum atomic E-state index is 12.9. The van der Waals surface area contributed by atoms with Crippen LogP contribution in [0.4, 0.5) is 0 Å². The highest BCUT2D eigenvalue weighted by Crippen LogP contribution is 2.38. The molecule has 2 aliphatic carbocycles. The van der Waals surface area contributed by atoms with Crippen LogP contribution in [-0.4, -0.2) is 54.3 Å². The third kappa shape index (κ3) is 4.99. The minimum absolute atomic E-state index is 0.0274. The molecule has 2 N–H and O–H groups in total. The van der Waals surface area contributed by atoms with E-state index in [1.807, 2.05) is 9.80 Å². The van der Waals surface area contributed by atoms with Crippen molar-refractivity contribution in [1.29, 1.82) is 0 Å². The van der Waals surface area contributed by atoms with Crippen molar-refractivity contribution in [2.24, 2.45) is 17.1 Å². The van der Waals surface area contributed by atoms with Gasteiger partial charge in [0, 0.05) is 39.0 Å². The van der Waals surface area contributed by atoms with Crippen LogP contribution in [-0.2, 0) is 9.59 Å². The molecule has 0 spiro atoms. The normalized spacial score (nSPS) is 24.5. The van der Waals surface area contributed by atoms with Gasteiger partial charge in [-0.15, -0.1) is 0 Å². The van der Waals surface area contributed by atoms with Gasteiger partial charge in [-0.05, 0) is 50.0 Å². The van der Waals surface area contributed by atoms with Crippen molar-refractivity contribution in [1.82, 2.24) is 9.80 Å². The van der Waals surface area contributed by atoms with Gasteiger partial charge in [0.25, 0.3) is 0 Å². The average molecular weight is 364 g/mol. The number of rotatable bonds is 5. The molecule has 0 unspecified atom stereocenters. The third-order valence-corrected chi connectivity index (χ3v) is 7.01. The zero-order chi connectivity index (χ0) is 18.4. The summed E-state index contributed by atoms with van der Waals surface area (Å²) in [5.74, 6) is 1.15. The van der Waals surface area contributed by atoms with E-state index in [-0.39, 0.29) is 11.3 Å². The third-order valence-electron chi connectivity index (χ3n) is 7.01. The molecule has 0 aromatic heterocycles. The Kier molecular flexibility index (Phi) is 6.96. The van der Waals surface area contributed by atoms with Crippen LogP contribution < -0.4 is 5.73 Å². The molecular formula is C21H37N3O2. The minimum atomic E-state index is 0.0274. The Bertz CT molecular complexity index is 482. The smallest absolute Gasteiger partial charge is 0.223 e. The predicted octanol–water partition coefficient (Wildman–Crippen LogP) is 2.93. The fourth-order valence-electron chi connectivity index (χ4n) is 5.19. The topological polar surface area (TPSA) is 66.6 Å². The van der Waals surface area contributed by atoms with Crippen molar-refractivity contribution in [2.45, 2.75) is 77.0 Å². The van der Waals surface area contributed by atoms with Gasteiger partial charge in [0.2, 0.25) is 11.8 Å². The van der Waals surface area contributed by atoms with Crippen molar-refractivity contribution in [3.05, 3.63) is 0 Å². The molecule has 1 heterocycles. The van der Waals surface area contributed by atoms with Crippen LogP contribution in [0.15, 0.2) is 0 Å². The molecule has 1 aliphatic heterocycles. The number of hydrogen-bond donors (Lipinski definition) is 1. The van der Waals surface area contributed by atoms with Crippen molar-refractivity contribution in [3.63, 3.8) is 0 Å². The molecule has 5 heteroatoms. The van der Waals surface area contributed by atoms with Gasteiger partial charge in [0.05, 0.1) is 0 Å². The summed E-state index contributed by atoms with van der Waals surface area (Å²) >= 11 is 0. The lowest BCUT2D eigenvalue weighted by Crippen LogP contribution is -2.42. The Balaban J connectivity index is 1.49. The van der Waals surface area contributed by atoms with Crippen molar-refractivity contribution in [2.75, 3.05) is 32.7 Å². The summed E-state index contributed by atoms with van der Waals surface area (Å²) in [5, 5.41) is 0. The molecule has 0 aromatic rings. The van der Waals surface area contributed by atoms with Gasteiger partial charge >= 0.3 is 0 Å². The molecule has 3 aliphatic rings. The number of carbonyl (C=O) groups is 2. The quantitative estimate of drug-likeness (QED) is 0.817. The summed E-state index contributed by atoms with van der Waals surface area (Å²) in [5.41, 5.74) is 6.09. The van der Waals surface area contributed by atoms with Gasteiger partial charge < -0.3 is 15.5 Å². The Morgan fingerprint density at radius 2 is 1.42 bits per heavy atom. The molecule has 1 saturated heterocycles. The highest BCUT2D eigenvalue weighted by Gasteiger charge is 2.35. The van der Waals surface area contributed by atoms with Crippen molar-refractivity contribution in [3.8, 4) is 0 Å². The van der Waals surface area contributed by atoms with E-state index in [2.05, 4.69) is 0 Å². The SMILES string of the molecule is NCC1(CC(=O)N2CCCN(C(=O)CC3CCCC3)CC2)CCCCC1. The van der Waals surface area contributed by atoms with Gasteiger partial charge in [-0.1, -0.05) is 32.1 Å². The number of carbonyl (C=O) groups excluding carboxylic acids is 2. The maximum Gasteiger partial charge on any atom is 0.223 e. The second kappa shape index (κ2) is 9.20. The zero-order valence-corrected chi connectivity index (χ0v) is 16.4. The van der Waals surface area contributed by atoms with E-state index >= 15 is 0 Å². The molecule has 3 fully saturated rings. The molecule has 2 saturated carbocycles. The Labute approximate surface area is 158 Å². The van der Waals surface area contributed by atoms with E-state index in [0.717, 1.165) is 32.4 Å². The largest absolute Gasteiger partial charge is 0.341 e. The number of amides is 2. The molecule has 2 amide bonds. The Morgan fingerprint density at radius 3 is 2.04 bits per heavy atom. The van der Waals surface area contributed by atoms with E-state index in [1.54, 1.807) is 0 Å². The molecule has 0 bridgehead atoms. The van der Waals surface area contributed by atoms with Gasteiger partial charge in [-0.2, -0.15) is 0 Å². The van der Waals surface area contributed by atoms with Crippen LogP contribution >= 0.6 is 0 Å². The van der Waals surface area contributed by atoms with E-state index in [4.69, 9.17) is 5.73 Å². The van der Waals surface area contributed by atoms with Gasteiger partial charge in [0.15, 0.2) is 0 Å². The summed E-state index contributed by atoms with van der Waals surface area (Å²) in [4.78, 5) is 29.5. The second-order valence-corrected chi connectivity index (χ2v) is 8.91. The molecule has 0 aromatic carbocycles. The lowest BCUT2D eigenvalue weighted by molar-refractivity contribution is -0.135. The molecule has 3 rings (SSSR count). The fraction of sp³-hybridized carbons (Fsp3) is 0.905. The van der Waals surface area contributed by atoms with Crippen LogP contribution in [0.25, 0.3) is 0 Å². The molecule has 5 nitrogen and oxygen atoms in total. The van der Waals surface area contributed by atoms with Crippen molar-refractivity contribution < 1.29 is 9.59 Å². The van der Waals surface area contributed by atoms with Gasteiger partial charge in [0.1, 0.15) is 0 Å². The highest BCUT2D eigenvalue weighted by molar-refractivity contribution is 5.78. The summed E-state index contributed by atoms with van der Waals surface area (Å²) in [7, 11) is 0. The van der Waals surface area contributed by atoms with Crippen LogP contribution in [0, 0.1) is 11.3 Å². The highest BCUT2D eigenvalue weighted by atomic mass is 16.2. The first-order chi connectivity index (χ1) is 12.6. The summed E-state index contributed by atoms with van der Waals surface area (Å²) in [6.45, 7) is 3.60. The molecule has 26 heavy (non-hydrogen) atoms. The predicted molar refractivity (Wildman–Crippen MR) is 104 cm³/mol. The molecule has 0 atom stereocenters. The van der Waals surface area contributed by atoms with Gasteiger partial charge in [-0.25, -0.2) is 0 Å². The first-order valence-electron chi connectivity index (χ1n) is 10.9. The van der Waals surface area contributed by atoms with Crippen LogP contribution in [0.2, 0.25) is 0 Å². The Hall–Kier alpha value is -1.10. The molecule has 148 valence electrons. The van der Waals surface area contributed by atoms with Crippen LogP contribution in [0.3, 0.4) is 0 Å². The molecule has 0 radical (unpaired) electrons. The lowest BCUT2D eigenvalue weighted by Gasteiger charge is -2.37. The van der Waals surface area contributed by atoms with Crippen LogP contribution in [0.1, 0.15) is 77.0 Å². The van der Waals surface area contributed by atoms with E-state index in [1.165, 1.54) is 44.9 Å². The number of hydrogen-bond acceptors (Lipinski definition) is 3. The molecular weight excluding hydrogens is 326 g/mol. The maximum absolute atomic E-state index is 12.9. The number of nitrogens with two attached hydrogens (primary N) is 1. The minimum Gasteiger partial charge on any atom is -0.341 e. The van der Waals surface area contributed by atoms with E-state index < -0.39 is 0 Å². The standard InChI is InChI=1S/C21H37N3O2/c22-17-21(9-4-1-5-10-21)16-20(26)24-12-6-11-23(13-14-24)19(25)15-18-7-2-3-8-18/h18H,1-17,22H2. The number of nitrogens with zero attached hydrogens (tertiary/aromatic N) is 2. The average Bonchev–Trinajstić information content (AvgIpc) is 3.03. The summed E-state index contributed by atoms with van der Waals surface area (Å²) < 4.78 is 0. The van der Waals surface area contributed by atoms with E-state index in [0.29, 0.717) is 44.3 Å². The first-order valence-corrected chi connectivity index (χ1v) is 10.9. The zero-order valence-electron chi connectivity index (χ0n) is 16.4. The van der Waals surface area contributed by atoms with Gasteiger partial charge in [-0.3, -0.25) is 9.59 Å². The monoisotopic (exact) mass is 363 g/mol. The summed E-state index contributed by atoms with van der Waals surface area (Å²) in [6, 6.07) is 0. The second-order valence-electron chi connectivity index (χ2n) is 8.91. The first kappa shape index (κ1) is 19.7. The van der Waals surface area contributed by atoms with Crippen molar-refractivity contribution >= 4 is 11.8 Å². The Morgan fingerprint density at radius 1 is 0.808 bits per heavy atom. The van der Waals surface area contributed by atoms with Crippen LogP contribution in [0.5, 0.6) is 0 Å². The fourth-order valence-corrected chi connectivity index (χ4v) is 5.19.